The third-order valence-corrected chi connectivity index (χ3v) is 3.94. The van der Waals surface area contributed by atoms with Crippen molar-refractivity contribution >= 4 is 28.3 Å². The van der Waals surface area contributed by atoms with Crippen molar-refractivity contribution in [1.29, 1.82) is 0 Å². The Morgan fingerprint density at radius 2 is 2.22 bits per heavy atom. The lowest BCUT2D eigenvalue weighted by Crippen LogP contribution is -2.21. The molecule has 0 aliphatic carbocycles. The lowest BCUT2D eigenvalue weighted by molar-refractivity contribution is 0.659. The van der Waals surface area contributed by atoms with Gasteiger partial charge < -0.3 is 4.90 Å². The molecule has 0 saturated carbocycles. The Morgan fingerprint density at radius 3 is 2.94 bits per heavy atom. The molecule has 1 atom stereocenters. The van der Waals surface area contributed by atoms with Crippen LogP contribution in [0.2, 0.25) is 0 Å². The zero-order valence-corrected chi connectivity index (χ0v) is 11.3. The summed E-state index contributed by atoms with van der Waals surface area (Å²) in [6.45, 7) is 4.48. The van der Waals surface area contributed by atoms with E-state index in [-0.39, 0.29) is 0 Å². The largest absolute Gasteiger partial charge is 0.356 e. The Hall–Kier alpha value is -1.28. The maximum atomic E-state index is 6.08. The van der Waals surface area contributed by atoms with Crippen molar-refractivity contribution in [1.82, 2.24) is 4.98 Å². The summed E-state index contributed by atoms with van der Waals surface area (Å²) in [5.41, 5.74) is 2.20. The van der Waals surface area contributed by atoms with Crippen molar-refractivity contribution in [2.24, 2.45) is 5.92 Å². The van der Waals surface area contributed by atoms with Crippen molar-refractivity contribution in [2.75, 3.05) is 18.0 Å². The quantitative estimate of drug-likeness (QED) is 0.763. The van der Waals surface area contributed by atoms with Gasteiger partial charge in [-0.3, -0.25) is 0 Å². The number of hydrogen-bond acceptors (Lipinski definition) is 2. The number of para-hydroxylation sites is 1. The summed E-state index contributed by atoms with van der Waals surface area (Å²) in [5.74, 6) is 2.35. The van der Waals surface area contributed by atoms with Crippen LogP contribution >= 0.6 is 11.6 Å². The first-order valence-electron chi connectivity index (χ1n) is 6.47. The van der Waals surface area contributed by atoms with Gasteiger partial charge in [0, 0.05) is 24.0 Å². The maximum Gasteiger partial charge on any atom is 0.133 e. The van der Waals surface area contributed by atoms with Crippen molar-refractivity contribution in [2.45, 2.75) is 19.2 Å². The standard InChI is InChI=1S/C15H17ClN2/c1-11-6-7-18(10-11)15-13(9-16)8-12-4-2-3-5-14(12)17-15/h2-5,8,11H,6-7,9-10H2,1H3. The fourth-order valence-corrected chi connectivity index (χ4v) is 2.85. The average molecular weight is 261 g/mol. The number of aromatic nitrogens is 1. The molecule has 1 fully saturated rings. The molecular formula is C15H17ClN2. The van der Waals surface area contributed by atoms with Crippen molar-refractivity contribution in [3.63, 3.8) is 0 Å². The monoisotopic (exact) mass is 260 g/mol. The molecule has 1 unspecified atom stereocenters. The number of benzene rings is 1. The van der Waals surface area contributed by atoms with Crippen LogP contribution in [0, 0.1) is 5.92 Å². The molecule has 1 aromatic heterocycles. The SMILES string of the molecule is CC1CCN(c2nc3ccccc3cc2CCl)C1. The molecule has 1 aromatic carbocycles. The van der Waals surface area contributed by atoms with Crippen LogP contribution in [0.3, 0.4) is 0 Å². The molecule has 0 N–H and O–H groups in total. The van der Waals surface area contributed by atoms with Gasteiger partial charge in [0.15, 0.2) is 0 Å². The first kappa shape index (κ1) is 11.8. The molecule has 1 aliphatic rings. The Morgan fingerprint density at radius 1 is 1.39 bits per heavy atom. The van der Waals surface area contributed by atoms with Crippen molar-refractivity contribution < 1.29 is 0 Å². The Labute approximate surface area is 113 Å². The first-order valence-corrected chi connectivity index (χ1v) is 7.01. The highest BCUT2D eigenvalue weighted by atomic mass is 35.5. The summed E-state index contributed by atoms with van der Waals surface area (Å²) in [5, 5.41) is 1.17. The van der Waals surface area contributed by atoms with E-state index < -0.39 is 0 Å². The highest BCUT2D eigenvalue weighted by Crippen LogP contribution is 2.29. The second-order valence-electron chi connectivity index (χ2n) is 5.14. The number of pyridine rings is 1. The van der Waals surface area contributed by atoms with E-state index in [0.29, 0.717) is 5.88 Å². The van der Waals surface area contributed by atoms with Gasteiger partial charge in [-0.2, -0.15) is 0 Å². The summed E-state index contributed by atoms with van der Waals surface area (Å²) >= 11 is 6.08. The van der Waals surface area contributed by atoms with Gasteiger partial charge in [0.05, 0.1) is 11.4 Å². The molecule has 1 aliphatic heterocycles. The third kappa shape index (κ3) is 2.05. The molecule has 2 heterocycles. The molecule has 3 rings (SSSR count). The summed E-state index contributed by atoms with van der Waals surface area (Å²) in [6, 6.07) is 10.4. The highest BCUT2D eigenvalue weighted by molar-refractivity contribution is 6.17. The van der Waals surface area contributed by atoms with Gasteiger partial charge in [0.25, 0.3) is 0 Å². The summed E-state index contributed by atoms with van der Waals surface area (Å²) < 4.78 is 0. The van der Waals surface area contributed by atoms with Gasteiger partial charge in [0.1, 0.15) is 5.82 Å². The van der Waals surface area contributed by atoms with E-state index in [9.17, 15) is 0 Å². The third-order valence-electron chi connectivity index (χ3n) is 3.65. The summed E-state index contributed by atoms with van der Waals surface area (Å²) in [4.78, 5) is 7.17. The molecule has 0 bridgehead atoms. The Balaban J connectivity index is 2.09. The van der Waals surface area contributed by atoms with E-state index in [0.717, 1.165) is 35.9 Å². The maximum absolute atomic E-state index is 6.08. The summed E-state index contributed by atoms with van der Waals surface area (Å²) in [6.07, 6.45) is 1.25. The zero-order valence-electron chi connectivity index (χ0n) is 10.6. The fourth-order valence-electron chi connectivity index (χ4n) is 2.65. The minimum Gasteiger partial charge on any atom is -0.356 e. The molecule has 18 heavy (non-hydrogen) atoms. The topological polar surface area (TPSA) is 16.1 Å². The van der Waals surface area contributed by atoms with E-state index in [2.05, 4.69) is 30.0 Å². The van der Waals surface area contributed by atoms with E-state index in [1.807, 2.05) is 12.1 Å². The van der Waals surface area contributed by atoms with Crippen LogP contribution in [-0.2, 0) is 5.88 Å². The molecular weight excluding hydrogens is 244 g/mol. The summed E-state index contributed by atoms with van der Waals surface area (Å²) in [7, 11) is 0. The van der Waals surface area contributed by atoms with E-state index in [1.54, 1.807) is 0 Å². The van der Waals surface area contributed by atoms with Crippen molar-refractivity contribution in [3.8, 4) is 0 Å². The second-order valence-corrected chi connectivity index (χ2v) is 5.40. The normalized spacial score (nSPS) is 19.7. The molecule has 2 aromatic rings. The van der Waals surface area contributed by atoms with Crippen LogP contribution in [-0.4, -0.2) is 18.1 Å². The van der Waals surface area contributed by atoms with E-state index >= 15 is 0 Å². The minimum absolute atomic E-state index is 0.526. The highest BCUT2D eigenvalue weighted by Gasteiger charge is 2.22. The molecule has 2 nitrogen and oxygen atoms in total. The number of halogens is 1. The minimum atomic E-state index is 0.526. The lowest BCUT2D eigenvalue weighted by atomic mass is 10.1. The van der Waals surface area contributed by atoms with E-state index in [4.69, 9.17) is 16.6 Å². The van der Waals surface area contributed by atoms with Gasteiger partial charge in [-0.25, -0.2) is 4.98 Å². The van der Waals surface area contributed by atoms with Crippen molar-refractivity contribution in [3.05, 3.63) is 35.9 Å². The van der Waals surface area contributed by atoms with Crippen LogP contribution in [0.4, 0.5) is 5.82 Å². The Bertz CT molecular complexity index is 567. The molecule has 0 amide bonds. The molecule has 3 heteroatoms. The predicted octanol–water partition coefficient (Wildman–Crippen LogP) is 3.82. The number of hydrogen-bond donors (Lipinski definition) is 0. The molecule has 1 saturated heterocycles. The van der Waals surface area contributed by atoms with Crippen LogP contribution in [0.5, 0.6) is 0 Å². The van der Waals surface area contributed by atoms with Gasteiger partial charge in [-0.15, -0.1) is 11.6 Å². The number of alkyl halides is 1. The van der Waals surface area contributed by atoms with Crippen LogP contribution < -0.4 is 4.90 Å². The zero-order chi connectivity index (χ0) is 12.5. The van der Waals surface area contributed by atoms with Crippen LogP contribution in [0.15, 0.2) is 30.3 Å². The van der Waals surface area contributed by atoms with Gasteiger partial charge in [-0.05, 0) is 24.5 Å². The Kier molecular flexibility index (Phi) is 3.13. The van der Waals surface area contributed by atoms with E-state index in [1.165, 1.54) is 11.8 Å². The molecule has 0 radical (unpaired) electrons. The number of fused-ring (bicyclic) bond motifs is 1. The lowest BCUT2D eigenvalue weighted by Gasteiger charge is -2.20. The fraction of sp³-hybridized carbons (Fsp3) is 0.400. The second kappa shape index (κ2) is 4.77. The molecule has 94 valence electrons. The average Bonchev–Trinajstić information content (AvgIpc) is 2.83. The number of nitrogens with zero attached hydrogens (tertiary/aromatic N) is 2. The molecule has 0 spiro atoms. The van der Waals surface area contributed by atoms with Gasteiger partial charge in [0.2, 0.25) is 0 Å². The predicted molar refractivity (Wildman–Crippen MR) is 77.3 cm³/mol. The van der Waals surface area contributed by atoms with Gasteiger partial charge >= 0.3 is 0 Å². The van der Waals surface area contributed by atoms with Crippen LogP contribution in [0.1, 0.15) is 18.9 Å². The number of anilines is 1. The van der Waals surface area contributed by atoms with Crippen LogP contribution in [0.25, 0.3) is 10.9 Å². The first-order chi connectivity index (χ1) is 8.78. The smallest absolute Gasteiger partial charge is 0.133 e. The van der Waals surface area contributed by atoms with Gasteiger partial charge in [-0.1, -0.05) is 25.1 Å². The number of rotatable bonds is 2.